The predicted octanol–water partition coefficient (Wildman–Crippen LogP) is 6.18. The molecule has 0 aliphatic heterocycles. The van der Waals surface area contributed by atoms with Gasteiger partial charge in [0.15, 0.2) is 0 Å². The van der Waals surface area contributed by atoms with Crippen LogP contribution in [0.2, 0.25) is 0 Å². The summed E-state index contributed by atoms with van der Waals surface area (Å²) in [5.74, 6) is 3.48. The average molecular weight is 431 g/mol. The Bertz CT molecular complexity index is 690. The molecular weight excluding hydrogens is 391 g/mol. The van der Waals surface area contributed by atoms with Crippen LogP contribution in [0.3, 0.4) is 0 Å². The first-order chi connectivity index (χ1) is 15.1. The molecule has 0 amide bonds. The van der Waals surface area contributed by atoms with Crippen molar-refractivity contribution in [3.05, 3.63) is 23.8 Å². The lowest BCUT2D eigenvalue weighted by Gasteiger charge is -2.31. The molecule has 2 fully saturated rings. The molecule has 0 atom stereocenters. The maximum atomic E-state index is 12.9. The van der Waals surface area contributed by atoms with Gasteiger partial charge in [0.1, 0.15) is 17.4 Å². The topological polar surface area (TPSA) is 59.9 Å². The molecule has 2 aliphatic carbocycles. The second-order valence-corrected chi connectivity index (χ2v) is 9.76. The number of ketones is 2. The molecule has 3 rings (SSSR count). The van der Waals surface area contributed by atoms with E-state index in [1.54, 1.807) is 0 Å². The summed E-state index contributed by atoms with van der Waals surface area (Å²) in [6, 6.07) is 0. The first-order valence-corrected chi connectivity index (χ1v) is 12.5. The molecule has 0 aromatic carbocycles. The minimum absolute atomic E-state index is 0.251. The van der Waals surface area contributed by atoms with E-state index in [0.29, 0.717) is 55.0 Å². The van der Waals surface area contributed by atoms with Gasteiger partial charge in [-0.25, -0.2) is 9.97 Å². The summed E-state index contributed by atoms with van der Waals surface area (Å²) in [6.07, 6.45) is 16.7. The standard InChI is InChI=1S/C26H39FN2O2/c1-2-24(30)14-9-19-5-12-22(13-6-19)25(31)16-20-7-10-21(11-8-20)23-17-28-26(29-18-23)4-3-15-27/h17-22H,2-16H2,1H3/t19-,20-,21-,22-. The highest BCUT2D eigenvalue weighted by atomic mass is 19.1. The number of halogens is 1. The Hall–Kier alpha value is -1.65. The number of hydrogen-bond donors (Lipinski definition) is 0. The van der Waals surface area contributed by atoms with E-state index in [1.165, 1.54) is 5.56 Å². The van der Waals surface area contributed by atoms with Gasteiger partial charge in [-0.05, 0) is 87.5 Å². The molecule has 0 N–H and O–H groups in total. The van der Waals surface area contributed by atoms with Gasteiger partial charge in [0.2, 0.25) is 0 Å². The molecule has 0 radical (unpaired) electrons. The fourth-order valence-corrected chi connectivity index (χ4v) is 5.40. The van der Waals surface area contributed by atoms with Crippen molar-refractivity contribution in [1.82, 2.24) is 9.97 Å². The van der Waals surface area contributed by atoms with Gasteiger partial charge in [-0.15, -0.1) is 0 Å². The van der Waals surface area contributed by atoms with Crippen LogP contribution in [-0.4, -0.2) is 28.2 Å². The first-order valence-electron chi connectivity index (χ1n) is 12.5. The lowest BCUT2D eigenvalue weighted by molar-refractivity contribution is -0.125. The highest BCUT2D eigenvalue weighted by Gasteiger charge is 2.30. The molecular formula is C26H39FN2O2. The summed E-state index contributed by atoms with van der Waals surface area (Å²) in [4.78, 5) is 33.2. The summed E-state index contributed by atoms with van der Waals surface area (Å²) in [6.45, 7) is 1.61. The van der Waals surface area contributed by atoms with Crippen LogP contribution in [0.1, 0.15) is 108 Å². The Kier molecular flexibility index (Phi) is 9.60. The number of hydrogen-bond acceptors (Lipinski definition) is 4. The molecule has 1 heterocycles. The fraction of sp³-hybridized carbons (Fsp3) is 0.769. The molecule has 4 nitrogen and oxygen atoms in total. The highest BCUT2D eigenvalue weighted by Crippen LogP contribution is 2.39. The highest BCUT2D eigenvalue weighted by molar-refractivity contribution is 5.81. The van der Waals surface area contributed by atoms with Crippen LogP contribution >= 0.6 is 0 Å². The van der Waals surface area contributed by atoms with Gasteiger partial charge in [-0.2, -0.15) is 0 Å². The number of aromatic nitrogens is 2. The van der Waals surface area contributed by atoms with Crippen LogP contribution in [0.5, 0.6) is 0 Å². The van der Waals surface area contributed by atoms with Crippen molar-refractivity contribution >= 4 is 11.6 Å². The summed E-state index contributed by atoms with van der Waals surface area (Å²) >= 11 is 0. The van der Waals surface area contributed by atoms with E-state index in [0.717, 1.165) is 70.0 Å². The van der Waals surface area contributed by atoms with Crippen molar-refractivity contribution < 1.29 is 14.0 Å². The van der Waals surface area contributed by atoms with Gasteiger partial charge in [-0.3, -0.25) is 14.0 Å². The SMILES string of the molecule is CCC(=O)CC[C@H]1CC[C@H](C(=O)C[C@H]2CC[C@H](c3cnc(CCCF)nc3)CC2)CC1. The Morgan fingerprint density at radius 2 is 1.61 bits per heavy atom. The Morgan fingerprint density at radius 1 is 0.968 bits per heavy atom. The Morgan fingerprint density at radius 3 is 2.23 bits per heavy atom. The van der Waals surface area contributed by atoms with E-state index in [2.05, 4.69) is 9.97 Å². The van der Waals surface area contributed by atoms with Crippen LogP contribution < -0.4 is 0 Å². The third kappa shape index (κ3) is 7.47. The zero-order chi connectivity index (χ0) is 22.1. The van der Waals surface area contributed by atoms with Crippen molar-refractivity contribution in [2.45, 2.75) is 103 Å². The minimum atomic E-state index is -0.324. The second kappa shape index (κ2) is 12.4. The minimum Gasteiger partial charge on any atom is -0.300 e. The van der Waals surface area contributed by atoms with Gasteiger partial charge in [0.25, 0.3) is 0 Å². The first kappa shape index (κ1) is 24.0. The van der Waals surface area contributed by atoms with Gasteiger partial charge in [-0.1, -0.05) is 6.92 Å². The van der Waals surface area contributed by atoms with Crippen LogP contribution in [-0.2, 0) is 16.0 Å². The van der Waals surface area contributed by atoms with Crippen molar-refractivity contribution in [3.8, 4) is 0 Å². The third-order valence-corrected chi connectivity index (χ3v) is 7.60. The number of rotatable bonds is 11. The van der Waals surface area contributed by atoms with Crippen molar-refractivity contribution in [1.29, 1.82) is 0 Å². The Balaban J connectivity index is 1.36. The second-order valence-electron chi connectivity index (χ2n) is 9.76. The van der Waals surface area contributed by atoms with E-state index in [1.807, 2.05) is 19.3 Å². The van der Waals surface area contributed by atoms with Crippen LogP contribution in [0.25, 0.3) is 0 Å². The number of carbonyl (C=O) groups is 2. The predicted molar refractivity (Wildman–Crippen MR) is 121 cm³/mol. The lowest BCUT2D eigenvalue weighted by Crippen LogP contribution is -2.25. The number of nitrogens with zero attached hydrogens (tertiary/aromatic N) is 2. The largest absolute Gasteiger partial charge is 0.300 e. The number of alkyl halides is 1. The molecule has 5 heteroatoms. The quantitative estimate of drug-likeness (QED) is 0.421. The van der Waals surface area contributed by atoms with Crippen LogP contribution in [0, 0.1) is 17.8 Å². The van der Waals surface area contributed by atoms with Crippen molar-refractivity contribution in [2.24, 2.45) is 17.8 Å². The molecule has 0 bridgehead atoms. The van der Waals surface area contributed by atoms with E-state index in [4.69, 9.17) is 0 Å². The van der Waals surface area contributed by atoms with Crippen molar-refractivity contribution in [2.75, 3.05) is 6.67 Å². The smallest absolute Gasteiger partial charge is 0.136 e. The zero-order valence-corrected chi connectivity index (χ0v) is 19.2. The maximum absolute atomic E-state index is 12.9. The average Bonchev–Trinajstić information content (AvgIpc) is 2.82. The van der Waals surface area contributed by atoms with Crippen LogP contribution in [0.15, 0.2) is 12.4 Å². The fourth-order valence-electron chi connectivity index (χ4n) is 5.40. The normalized spacial score (nSPS) is 26.5. The van der Waals surface area contributed by atoms with Crippen molar-refractivity contribution in [3.63, 3.8) is 0 Å². The van der Waals surface area contributed by atoms with Gasteiger partial charge in [0, 0.05) is 44.0 Å². The maximum Gasteiger partial charge on any atom is 0.136 e. The molecule has 0 saturated heterocycles. The van der Waals surface area contributed by atoms with E-state index in [9.17, 15) is 14.0 Å². The molecule has 2 aliphatic rings. The molecule has 31 heavy (non-hydrogen) atoms. The summed E-state index contributed by atoms with van der Waals surface area (Å²) < 4.78 is 12.3. The molecule has 2 saturated carbocycles. The number of aryl methyl sites for hydroxylation is 1. The van der Waals surface area contributed by atoms with E-state index < -0.39 is 0 Å². The zero-order valence-electron chi connectivity index (χ0n) is 19.2. The molecule has 172 valence electrons. The monoisotopic (exact) mass is 430 g/mol. The lowest BCUT2D eigenvalue weighted by atomic mass is 9.73. The summed E-state index contributed by atoms with van der Waals surface area (Å²) in [7, 11) is 0. The summed E-state index contributed by atoms with van der Waals surface area (Å²) in [5.41, 5.74) is 1.19. The van der Waals surface area contributed by atoms with Gasteiger partial charge < -0.3 is 0 Å². The number of Topliss-reactive ketones (excluding diaryl/α,β-unsaturated/α-hetero) is 2. The van der Waals surface area contributed by atoms with Gasteiger partial charge >= 0.3 is 0 Å². The van der Waals surface area contributed by atoms with E-state index >= 15 is 0 Å². The summed E-state index contributed by atoms with van der Waals surface area (Å²) in [5, 5.41) is 0. The number of carbonyl (C=O) groups excluding carboxylic acids is 2. The third-order valence-electron chi connectivity index (χ3n) is 7.60. The van der Waals surface area contributed by atoms with Crippen LogP contribution in [0.4, 0.5) is 4.39 Å². The van der Waals surface area contributed by atoms with Gasteiger partial charge in [0.05, 0.1) is 6.67 Å². The van der Waals surface area contributed by atoms with E-state index in [-0.39, 0.29) is 12.6 Å². The molecule has 1 aromatic rings. The molecule has 1 aromatic heterocycles. The Labute approximate surface area is 186 Å². The molecule has 0 spiro atoms. The molecule has 0 unspecified atom stereocenters.